The van der Waals surface area contributed by atoms with E-state index in [0.29, 0.717) is 12.2 Å². The van der Waals surface area contributed by atoms with Gasteiger partial charge in [-0.05, 0) is 36.2 Å². The Kier molecular flexibility index (Phi) is 5.84. The Morgan fingerprint density at radius 2 is 1.78 bits per heavy atom. The van der Waals surface area contributed by atoms with Gasteiger partial charge in [-0.2, -0.15) is 13.2 Å². The van der Waals surface area contributed by atoms with Crippen molar-refractivity contribution in [1.82, 2.24) is 9.55 Å². The molecule has 2 heterocycles. The van der Waals surface area contributed by atoms with Crippen LogP contribution in [0.1, 0.15) is 21.6 Å². The van der Waals surface area contributed by atoms with Crippen LogP contribution in [0.4, 0.5) is 13.2 Å². The van der Waals surface area contributed by atoms with Crippen LogP contribution in [0.3, 0.4) is 0 Å². The summed E-state index contributed by atoms with van der Waals surface area (Å²) in [6.45, 7) is 2.51. The van der Waals surface area contributed by atoms with Crippen LogP contribution < -0.4 is 0 Å². The lowest BCUT2D eigenvalue weighted by Gasteiger charge is -2.10. The van der Waals surface area contributed by atoms with E-state index in [1.807, 2.05) is 41.8 Å². The number of fused-ring (bicyclic) bond motifs is 1. The molecule has 0 amide bonds. The number of aliphatic carboxylic acids is 1. The lowest BCUT2D eigenvalue weighted by Crippen LogP contribution is -2.21. The molecule has 9 heteroatoms. The van der Waals surface area contributed by atoms with Gasteiger partial charge < -0.3 is 14.8 Å². The van der Waals surface area contributed by atoms with Crippen molar-refractivity contribution in [3.63, 3.8) is 0 Å². The first-order chi connectivity index (χ1) is 12.6. The average Bonchev–Trinajstić information content (AvgIpc) is 2.96. The second-order valence-corrected chi connectivity index (χ2v) is 5.58. The van der Waals surface area contributed by atoms with Gasteiger partial charge in [-0.25, -0.2) is 9.59 Å². The van der Waals surface area contributed by atoms with Crippen LogP contribution in [0.25, 0.3) is 10.9 Å². The first kappa shape index (κ1) is 20.0. The lowest BCUT2D eigenvalue weighted by atomic mass is 10.1. The smallest absolute Gasteiger partial charge is 0.477 e. The van der Waals surface area contributed by atoms with E-state index in [2.05, 4.69) is 4.98 Å². The van der Waals surface area contributed by atoms with E-state index >= 15 is 0 Å². The minimum atomic E-state index is -5.08. The number of carboxylic acid groups (broad SMARTS) is 2. The minimum absolute atomic E-state index is 0.308. The van der Waals surface area contributed by atoms with Crippen molar-refractivity contribution in [2.24, 2.45) is 0 Å². The maximum absolute atomic E-state index is 11.4. The molecule has 0 bridgehead atoms. The lowest BCUT2D eigenvalue weighted by molar-refractivity contribution is -0.192. The highest BCUT2D eigenvalue weighted by molar-refractivity contribution is 5.94. The Hall–Kier alpha value is -3.36. The maximum Gasteiger partial charge on any atom is 0.490 e. The summed E-state index contributed by atoms with van der Waals surface area (Å²) >= 11 is 0. The second kappa shape index (κ2) is 7.90. The molecule has 0 spiro atoms. The van der Waals surface area contributed by atoms with E-state index in [-0.39, 0.29) is 0 Å². The molecule has 3 rings (SSSR count). The van der Waals surface area contributed by atoms with Crippen LogP contribution in [-0.2, 0) is 11.3 Å². The summed E-state index contributed by atoms with van der Waals surface area (Å²) in [7, 11) is 0. The summed E-state index contributed by atoms with van der Waals surface area (Å²) in [5.41, 5.74) is 3.37. The summed E-state index contributed by atoms with van der Waals surface area (Å²) in [5.74, 6) is -3.67. The van der Waals surface area contributed by atoms with Crippen LogP contribution in [-0.4, -0.2) is 37.9 Å². The zero-order chi connectivity index (χ0) is 20.2. The fourth-order valence-electron chi connectivity index (χ4n) is 2.41. The number of carboxylic acids is 2. The minimum Gasteiger partial charge on any atom is -0.477 e. The number of rotatable bonds is 3. The molecule has 0 aliphatic rings. The first-order valence-corrected chi connectivity index (χ1v) is 7.62. The van der Waals surface area contributed by atoms with Gasteiger partial charge in [0.25, 0.3) is 0 Å². The molecule has 0 fully saturated rings. The molecule has 3 aromatic rings. The van der Waals surface area contributed by atoms with Crippen molar-refractivity contribution in [3.05, 3.63) is 65.6 Å². The molecular weight excluding hydrogens is 365 g/mol. The molecule has 27 heavy (non-hydrogen) atoms. The van der Waals surface area contributed by atoms with Gasteiger partial charge in [0.1, 0.15) is 5.69 Å². The number of benzene rings is 1. The van der Waals surface area contributed by atoms with E-state index in [9.17, 15) is 23.1 Å². The van der Waals surface area contributed by atoms with Crippen molar-refractivity contribution in [1.29, 1.82) is 0 Å². The van der Waals surface area contributed by atoms with Crippen molar-refractivity contribution in [2.45, 2.75) is 19.6 Å². The van der Waals surface area contributed by atoms with Gasteiger partial charge >= 0.3 is 18.1 Å². The number of hydrogen-bond acceptors (Lipinski definition) is 3. The molecule has 2 N–H and O–H groups in total. The molecular formula is C18H15F3N2O4. The van der Waals surface area contributed by atoms with Crippen LogP contribution in [0.15, 0.2) is 48.8 Å². The number of pyridine rings is 1. The summed E-state index contributed by atoms with van der Waals surface area (Å²) in [4.78, 5) is 24.4. The van der Waals surface area contributed by atoms with Gasteiger partial charge in [0.05, 0.1) is 0 Å². The van der Waals surface area contributed by atoms with E-state index in [0.717, 1.165) is 22.0 Å². The average molecular weight is 380 g/mol. The van der Waals surface area contributed by atoms with Crippen LogP contribution in [0, 0.1) is 6.92 Å². The number of hydrogen-bond donors (Lipinski definition) is 2. The number of alkyl halides is 3. The molecule has 0 aliphatic carbocycles. The molecule has 0 radical (unpaired) electrons. The van der Waals surface area contributed by atoms with Crippen LogP contribution in [0.5, 0.6) is 0 Å². The Labute approximate surface area is 151 Å². The molecule has 0 unspecified atom stereocenters. The summed E-state index contributed by atoms with van der Waals surface area (Å²) in [6, 6.07) is 11.3. The van der Waals surface area contributed by atoms with Gasteiger partial charge in [0.2, 0.25) is 0 Å². The molecule has 6 nitrogen and oxygen atoms in total. The van der Waals surface area contributed by atoms with Crippen molar-refractivity contribution >= 4 is 22.8 Å². The molecule has 0 atom stereocenters. The Bertz CT molecular complexity index is 980. The van der Waals surface area contributed by atoms with E-state index in [1.165, 1.54) is 0 Å². The topological polar surface area (TPSA) is 92.4 Å². The third kappa shape index (κ3) is 4.84. The largest absolute Gasteiger partial charge is 0.490 e. The van der Waals surface area contributed by atoms with Gasteiger partial charge in [-0.3, -0.25) is 4.98 Å². The number of aromatic nitrogens is 2. The quantitative estimate of drug-likeness (QED) is 0.722. The third-order valence-corrected chi connectivity index (χ3v) is 3.74. The molecule has 2 aromatic heterocycles. The number of aryl methyl sites for hydroxylation is 1. The van der Waals surface area contributed by atoms with Crippen LogP contribution >= 0.6 is 0 Å². The molecule has 1 aromatic carbocycles. The number of halogens is 3. The van der Waals surface area contributed by atoms with E-state index in [1.54, 1.807) is 18.5 Å². The Balaban J connectivity index is 0.000000321. The number of carbonyl (C=O) groups is 2. The number of nitrogens with zero attached hydrogens (tertiary/aromatic N) is 2. The molecule has 142 valence electrons. The maximum atomic E-state index is 11.4. The second-order valence-electron chi connectivity index (χ2n) is 5.58. The van der Waals surface area contributed by atoms with Gasteiger partial charge in [0.15, 0.2) is 0 Å². The van der Waals surface area contributed by atoms with E-state index < -0.39 is 18.1 Å². The normalized spacial score (nSPS) is 11.0. The highest BCUT2D eigenvalue weighted by Gasteiger charge is 2.38. The van der Waals surface area contributed by atoms with Gasteiger partial charge in [0, 0.05) is 29.8 Å². The summed E-state index contributed by atoms with van der Waals surface area (Å²) < 4.78 is 33.6. The van der Waals surface area contributed by atoms with Crippen molar-refractivity contribution in [2.75, 3.05) is 0 Å². The first-order valence-electron chi connectivity index (χ1n) is 7.62. The monoisotopic (exact) mass is 380 g/mol. The Morgan fingerprint density at radius 1 is 1.15 bits per heavy atom. The molecule has 0 aliphatic heterocycles. The predicted octanol–water partition coefficient (Wildman–Crippen LogP) is 3.72. The van der Waals surface area contributed by atoms with Gasteiger partial charge in [-0.15, -0.1) is 0 Å². The van der Waals surface area contributed by atoms with Crippen molar-refractivity contribution in [3.8, 4) is 0 Å². The van der Waals surface area contributed by atoms with Gasteiger partial charge in [-0.1, -0.05) is 18.2 Å². The summed E-state index contributed by atoms with van der Waals surface area (Å²) in [5, 5.41) is 17.4. The zero-order valence-electron chi connectivity index (χ0n) is 14.1. The molecule has 0 saturated carbocycles. The SMILES string of the molecule is Cc1cnccc1Cn1c(C(=O)O)cc2ccccc21.O=C(O)C(F)(F)F. The summed E-state index contributed by atoms with van der Waals surface area (Å²) in [6.07, 6.45) is -1.56. The highest BCUT2D eigenvalue weighted by Crippen LogP contribution is 2.22. The van der Waals surface area contributed by atoms with Crippen molar-refractivity contribution < 1.29 is 33.0 Å². The van der Waals surface area contributed by atoms with Crippen LogP contribution in [0.2, 0.25) is 0 Å². The fraction of sp³-hybridized carbons (Fsp3) is 0.167. The number of aromatic carboxylic acids is 1. The predicted molar refractivity (Wildman–Crippen MR) is 90.7 cm³/mol. The number of para-hydroxylation sites is 1. The fourth-order valence-corrected chi connectivity index (χ4v) is 2.41. The van der Waals surface area contributed by atoms with E-state index in [4.69, 9.17) is 9.90 Å². The zero-order valence-corrected chi connectivity index (χ0v) is 14.1. The third-order valence-electron chi connectivity index (χ3n) is 3.74. The molecule has 0 saturated heterocycles. The highest BCUT2D eigenvalue weighted by atomic mass is 19.4. The Morgan fingerprint density at radius 3 is 2.33 bits per heavy atom. The standard InChI is InChI=1S/C16H14N2O2.C2HF3O2/c1-11-9-17-7-6-13(11)10-18-14-5-3-2-4-12(14)8-15(18)16(19)20;3-2(4,5)1(6)7/h2-9H,10H2,1H3,(H,19,20);(H,6,7).